The molecule has 0 aliphatic carbocycles. The van der Waals surface area contributed by atoms with E-state index in [4.69, 9.17) is 5.73 Å². The fourth-order valence-corrected chi connectivity index (χ4v) is 2.22. The first-order valence-corrected chi connectivity index (χ1v) is 7.26. The maximum atomic E-state index is 10.7. The summed E-state index contributed by atoms with van der Waals surface area (Å²) in [6.45, 7) is 13.5. The van der Waals surface area contributed by atoms with E-state index in [1.54, 1.807) is 0 Å². The largest absolute Gasteiger partial charge is 0.507 e. The van der Waals surface area contributed by atoms with Crippen molar-refractivity contribution in [2.24, 2.45) is 5.73 Å². The summed E-state index contributed by atoms with van der Waals surface area (Å²) in [7, 11) is 0. The molecule has 0 aromatic heterocycles. The van der Waals surface area contributed by atoms with Crippen LogP contribution in [0.15, 0.2) is 12.1 Å². The molecular weight excluding hydrogens is 234 g/mol. The normalized spacial score (nSPS) is 12.8. The van der Waals surface area contributed by atoms with Gasteiger partial charge in [0, 0.05) is 17.7 Å². The maximum Gasteiger partial charge on any atom is 0.123 e. The van der Waals surface area contributed by atoms with E-state index in [1.165, 1.54) is 0 Å². The van der Waals surface area contributed by atoms with Crippen LogP contribution in [0.3, 0.4) is 0 Å². The van der Waals surface area contributed by atoms with Gasteiger partial charge in [0.05, 0.1) is 0 Å². The molecule has 3 N–H and O–H groups in total. The maximum absolute atomic E-state index is 10.7. The predicted octanol–water partition coefficient (Wildman–Crippen LogP) is 4.23. The molecule has 1 aromatic rings. The second-order valence-electron chi connectivity index (χ2n) is 6.72. The lowest BCUT2D eigenvalue weighted by atomic mass is 9.75. The standard InChI is InChI=1S/C17H29NO/c1-7-16(3,4)13-9-12(11-18)10-14(15(13)19)17(5,6)8-2/h9-10,19H,7-8,11,18H2,1-6H3. The van der Waals surface area contributed by atoms with Crippen LogP contribution < -0.4 is 5.73 Å². The zero-order chi connectivity index (χ0) is 14.8. The Morgan fingerprint density at radius 3 is 1.58 bits per heavy atom. The van der Waals surface area contributed by atoms with Gasteiger partial charge in [0.1, 0.15) is 5.75 Å². The van der Waals surface area contributed by atoms with Crippen LogP contribution in [0.2, 0.25) is 0 Å². The van der Waals surface area contributed by atoms with E-state index in [1.807, 2.05) is 0 Å². The van der Waals surface area contributed by atoms with E-state index in [-0.39, 0.29) is 10.8 Å². The Morgan fingerprint density at radius 1 is 0.947 bits per heavy atom. The number of phenols is 1. The third kappa shape index (κ3) is 3.11. The molecule has 0 aliphatic heterocycles. The lowest BCUT2D eigenvalue weighted by Gasteiger charge is -2.31. The molecule has 0 bridgehead atoms. The summed E-state index contributed by atoms with van der Waals surface area (Å²) in [5, 5.41) is 10.7. The highest BCUT2D eigenvalue weighted by atomic mass is 16.3. The molecule has 0 spiro atoms. The summed E-state index contributed by atoms with van der Waals surface area (Å²) in [4.78, 5) is 0. The van der Waals surface area contributed by atoms with E-state index in [9.17, 15) is 5.11 Å². The smallest absolute Gasteiger partial charge is 0.123 e. The van der Waals surface area contributed by atoms with Crippen molar-refractivity contribution in [2.75, 3.05) is 0 Å². The number of benzene rings is 1. The van der Waals surface area contributed by atoms with Crippen LogP contribution in [0, 0.1) is 0 Å². The molecule has 0 atom stereocenters. The molecule has 0 heterocycles. The average Bonchev–Trinajstić information content (AvgIpc) is 2.38. The molecular formula is C17H29NO. The van der Waals surface area contributed by atoms with Crippen molar-refractivity contribution in [3.05, 3.63) is 28.8 Å². The van der Waals surface area contributed by atoms with Gasteiger partial charge in [-0.1, -0.05) is 53.7 Å². The van der Waals surface area contributed by atoms with Gasteiger partial charge in [0.25, 0.3) is 0 Å². The number of phenolic OH excluding ortho intramolecular Hbond substituents is 1. The number of hydrogen-bond donors (Lipinski definition) is 2. The summed E-state index contributed by atoms with van der Waals surface area (Å²) in [6.07, 6.45) is 1.97. The molecule has 0 aliphatic rings. The Labute approximate surface area is 118 Å². The van der Waals surface area contributed by atoms with E-state index >= 15 is 0 Å². The Bertz CT molecular complexity index is 410. The summed E-state index contributed by atoms with van der Waals surface area (Å²) in [6, 6.07) is 4.13. The van der Waals surface area contributed by atoms with Gasteiger partial charge < -0.3 is 10.8 Å². The van der Waals surface area contributed by atoms with Gasteiger partial charge in [0.15, 0.2) is 0 Å². The first kappa shape index (κ1) is 16.0. The molecule has 2 heteroatoms. The fourth-order valence-electron chi connectivity index (χ4n) is 2.22. The lowest BCUT2D eigenvalue weighted by molar-refractivity contribution is 0.399. The molecule has 1 rings (SSSR count). The Hall–Kier alpha value is -1.02. The monoisotopic (exact) mass is 263 g/mol. The van der Waals surface area contributed by atoms with E-state index in [0.29, 0.717) is 12.3 Å². The minimum absolute atomic E-state index is 0.0339. The zero-order valence-corrected chi connectivity index (χ0v) is 13.3. The average molecular weight is 263 g/mol. The van der Waals surface area contributed by atoms with Crippen molar-refractivity contribution < 1.29 is 5.11 Å². The Balaban J connectivity index is 3.55. The van der Waals surface area contributed by atoms with Crippen LogP contribution in [-0.2, 0) is 17.4 Å². The molecule has 0 radical (unpaired) electrons. The van der Waals surface area contributed by atoms with Crippen LogP contribution in [0.4, 0.5) is 0 Å². The third-order valence-electron chi connectivity index (χ3n) is 4.63. The van der Waals surface area contributed by atoms with Crippen molar-refractivity contribution in [3.63, 3.8) is 0 Å². The predicted molar refractivity (Wildman–Crippen MR) is 82.6 cm³/mol. The second-order valence-corrected chi connectivity index (χ2v) is 6.72. The third-order valence-corrected chi connectivity index (χ3v) is 4.63. The van der Waals surface area contributed by atoms with Gasteiger partial charge in [-0.15, -0.1) is 0 Å². The van der Waals surface area contributed by atoms with Crippen LogP contribution in [0.1, 0.15) is 71.1 Å². The summed E-state index contributed by atoms with van der Waals surface area (Å²) in [5.41, 5.74) is 8.91. The molecule has 108 valence electrons. The van der Waals surface area contributed by atoms with Gasteiger partial charge >= 0.3 is 0 Å². The van der Waals surface area contributed by atoms with Crippen molar-refractivity contribution >= 4 is 0 Å². The van der Waals surface area contributed by atoms with E-state index in [0.717, 1.165) is 29.5 Å². The fraction of sp³-hybridized carbons (Fsp3) is 0.647. The zero-order valence-electron chi connectivity index (χ0n) is 13.3. The van der Waals surface area contributed by atoms with Crippen molar-refractivity contribution in [3.8, 4) is 5.75 Å². The molecule has 19 heavy (non-hydrogen) atoms. The van der Waals surface area contributed by atoms with Crippen molar-refractivity contribution in [1.82, 2.24) is 0 Å². The minimum atomic E-state index is -0.0339. The minimum Gasteiger partial charge on any atom is -0.507 e. The molecule has 2 nitrogen and oxygen atoms in total. The second kappa shape index (κ2) is 5.54. The van der Waals surface area contributed by atoms with E-state index < -0.39 is 0 Å². The van der Waals surface area contributed by atoms with Gasteiger partial charge in [-0.3, -0.25) is 0 Å². The highest BCUT2D eigenvalue weighted by Crippen LogP contribution is 2.42. The molecule has 0 amide bonds. The number of aromatic hydroxyl groups is 1. The van der Waals surface area contributed by atoms with Crippen molar-refractivity contribution in [1.29, 1.82) is 0 Å². The SMILES string of the molecule is CCC(C)(C)c1cc(CN)cc(C(C)(C)CC)c1O. The Kier molecular flexibility index (Phi) is 4.67. The molecule has 1 aromatic carbocycles. The number of nitrogens with two attached hydrogens (primary N) is 1. The van der Waals surface area contributed by atoms with Crippen LogP contribution in [-0.4, -0.2) is 5.11 Å². The lowest BCUT2D eigenvalue weighted by Crippen LogP contribution is -2.21. The van der Waals surface area contributed by atoms with Crippen molar-refractivity contribution in [2.45, 2.75) is 71.8 Å². The summed E-state index contributed by atoms with van der Waals surface area (Å²) in [5.74, 6) is 0.455. The molecule has 0 saturated carbocycles. The highest BCUT2D eigenvalue weighted by Gasteiger charge is 2.29. The summed E-state index contributed by atoms with van der Waals surface area (Å²) < 4.78 is 0. The van der Waals surface area contributed by atoms with E-state index in [2.05, 4.69) is 53.7 Å². The summed E-state index contributed by atoms with van der Waals surface area (Å²) >= 11 is 0. The first-order valence-electron chi connectivity index (χ1n) is 7.26. The van der Waals surface area contributed by atoms with Crippen LogP contribution in [0.5, 0.6) is 5.75 Å². The van der Waals surface area contributed by atoms with Crippen LogP contribution in [0.25, 0.3) is 0 Å². The molecule has 0 fully saturated rings. The molecule has 0 unspecified atom stereocenters. The van der Waals surface area contributed by atoms with Gasteiger partial charge in [-0.25, -0.2) is 0 Å². The highest BCUT2D eigenvalue weighted by molar-refractivity contribution is 5.50. The Morgan fingerprint density at radius 2 is 1.32 bits per heavy atom. The van der Waals surface area contributed by atoms with Crippen LogP contribution >= 0.6 is 0 Å². The van der Waals surface area contributed by atoms with Gasteiger partial charge in [-0.05, 0) is 29.2 Å². The van der Waals surface area contributed by atoms with Gasteiger partial charge in [-0.2, -0.15) is 0 Å². The quantitative estimate of drug-likeness (QED) is 0.835. The topological polar surface area (TPSA) is 46.2 Å². The first-order chi connectivity index (χ1) is 8.69. The van der Waals surface area contributed by atoms with Gasteiger partial charge in [0.2, 0.25) is 0 Å². The number of rotatable bonds is 5. The number of hydrogen-bond acceptors (Lipinski definition) is 2. The molecule has 0 saturated heterocycles.